The maximum Gasteiger partial charge on any atom is 0.263 e. The van der Waals surface area contributed by atoms with Gasteiger partial charge >= 0.3 is 0 Å². The maximum atomic E-state index is 12.5. The Morgan fingerprint density at radius 3 is 2.70 bits per heavy atom. The molecule has 2 aromatic heterocycles. The zero-order valence-electron chi connectivity index (χ0n) is 16.1. The summed E-state index contributed by atoms with van der Waals surface area (Å²) in [7, 11) is 0. The van der Waals surface area contributed by atoms with Crippen LogP contribution in [0.5, 0.6) is 5.88 Å². The molecule has 1 saturated carbocycles. The molecular formula is C21H21ClN4O3S. The van der Waals surface area contributed by atoms with Gasteiger partial charge < -0.3 is 15.4 Å². The summed E-state index contributed by atoms with van der Waals surface area (Å²) >= 11 is 7.64. The van der Waals surface area contributed by atoms with Crippen molar-refractivity contribution >= 4 is 44.8 Å². The van der Waals surface area contributed by atoms with Gasteiger partial charge in [0.2, 0.25) is 11.8 Å². The molecule has 2 N–H and O–H groups in total. The van der Waals surface area contributed by atoms with Gasteiger partial charge in [0.1, 0.15) is 11.0 Å². The second-order valence-electron chi connectivity index (χ2n) is 7.13. The number of thiophene rings is 1. The van der Waals surface area contributed by atoms with Crippen LogP contribution in [0.2, 0.25) is 5.02 Å². The number of carbonyl (C=O) groups excluding carboxylic acids is 2. The predicted octanol–water partition coefficient (Wildman–Crippen LogP) is 3.58. The average molecular weight is 445 g/mol. The Hall–Kier alpha value is -2.71. The predicted molar refractivity (Wildman–Crippen MR) is 116 cm³/mol. The van der Waals surface area contributed by atoms with E-state index in [0.29, 0.717) is 15.8 Å². The number of aromatic nitrogens is 2. The normalized spacial score (nSPS) is 18.7. The van der Waals surface area contributed by atoms with Crippen molar-refractivity contribution in [1.82, 2.24) is 20.6 Å². The quantitative estimate of drug-likeness (QED) is 0.606. The minimum Gasteiger partial charge on any atom is -0.473 e. The lowest BCUT2D eigenvalue weighted by Crippen LogP contribution is -2.44. The third-order valence-electron chi connectivity index (χ3n) is 5.02. The van der Waals surface area contributed by atoms with Crippen molar-refractivity contribution in [2.75, 3.05) is 6.54 Å². The molecule has 2 heterocycles. The molecule has 1 fully saturated rings. The van der Waals surface area contributed by atoms with E-state index in [1.54, 1.807) is 18.6 Å². The SMILES string of the molecule is O=C(CNC(=O)c1sc2ccccc2c1Cl)NC1CCC(Oc2cnccn2)CC1. The third kappa shape index (κ3) is 4.88. The molecule has 0 aliphatic heterocycles. The Bertz CT molecular complexity index is 1040. The summed E-state index contributed by atoms with van der Waals surface area (Å²) in [5, 5.41) is 6.92. The lowest BCUT2D eigenvalue weighted by Gasteiger charge is -2.29. The Morgan fingerprint density at radius 2 is 1.97 bits per heavy atom. The van der Waals surface area contributed by atoms with E-state index in [-0.39, 0.29) is 30.5 Å². The number of hydrogen-bond acceptors (Lipinski definition) is 6. The van der Waals surface area contributed by atoms with E-state index in [9.17, 15) is 9.59 Å². The second-order valence-corrected chi connectivity index (χ2v) is 8.56. The molecule has 7 nitrogen and oxygen atoms in total. The summed E-state index contributed by atoms with van der Waals surface area (Å²) in [5.74, 6) is -0.0242. The fourth-order valence-electron chi connectivity index (χ4n) is 3.52. The molecule has 1 aliphatic rings. The number of carbonyl (C=O) groups is 2. The number of amides is 2. The van der Waals surface area contributed by atoms with Gasteiger partial charge in [-0.1, -0.05) is 29.8 Å². The summed E-state index contributed by atoms with van der Waals surface area (Å²) < 4.78 is 6.76. The first-order chi connectivity index (χ1) is 14.6. The van der Waals surface area contributed by atoms with Gasteiger partial charge in [-0.05, 0) is 31.7 Å². The number of hydrogen-bond donors (Lipinski definition) is 2. The molecule has 156 valence electrons. The van der Waals surface area contributed by atoms with Crippen LogP contribution in [-0.2, 0) is 4.79 Å². The van der Waals surface area contributed by atoms with Crippen LogP contribution in [-0.4, -0.2) is 40.5 Å². The van der Waals surface area contributed by atoms with E-state index in [4.69, 9.17) is 16.3 Å². The summed E-state index contributed by atoms with van der Waals surface area (Å²) in [6.07, 6.45) is 8.15. The number of halogens is 1. The monoisotopic (exact) mass is 444 g/mol. The first-order valence-electron chi connectivity index (χ1n) is 9.77. The second kappa shape index (κ2) is 9.40. The van der Waals surface area contributed by atoms with Gasteiger partial charge in [-0.25, -0.2) is 4.98 Å². The Balaban J connectivity index is 1.22. The lowest BCUT2D eigenvalue weighted by atomic mass is 9.93. The van der Waals surface area contributed by atoms with Gasteiger partial charge in [0, 0.05) is 28.5 Å². The van der Waals surface area contributed by atoms with Gasteiger partial charge in [0.15, 0.2) is 0 Å². The van der Waals surface area contributed by atoms with Crippen LogP contribution in [0.25, 0.3) is 10.1 Å². The van der Waals surface area contributed by atoms with E-state index in [2.05, 4.69) is 20.6 Å². The molecule has 0 bridgehead atoms. The van der Waals surface area contributed by atoms with E-state index in [1.807, 2.05) is 24.3 Å². The zero-order valence-corrected chi connectivity index (χ0v) is 17.7. The standard InChI is InChI=1S/C21H21ClN4O3S/c22-19-15-3-1-2-4-16(15)30-20(19)21(28)25-11-17(27)26-13-5-7-14(8-6-13)29-18-12-23-9-10-24-18/h1-4,9-10,12-14H,5-8,11H2,(H,25,28)(H,26,27). The fourth-order valence-corrected chi connectivity index (χ4v) is 4.96. The van der Waals surface area contributed by atoms with Gasteiger partial charge in [-0.3, -0.25) is 14.6 Å². The first kappa shape index (κ1) is 20.6. The minimum atomic E-state index is -0.336. The van der Waals surface area contributed by atoms with Crippen LogP contribution in [0.3, 0.4) is 0 Å². The Labute approximate surface area is 182 Å². The van der Waals surface area contributed by atoms with Crippen LogP contribution in [0, 0.1) is 0 Å². The summed E-state index contributed by atoms with van der Waals surface area (Å²) in [5.41, 5.74) is 0. The van der Waals surface area contributed by atoms with Crippen LogP contribution < -0.4 is 15.4 Å². The highest BCUT2D eigenvalue weighted by Crippen LogP contribution is 2.34. The summed E-state index contributed by atoms with van der Waals surface area (Å²) in [6.45, 7) is -0.0839. The molecular weight excluding hydrogens is 424 g/mol. The fraction of sp³-hybridized carbons (Fsp3) is 0.333. The molecule has 9 heteroatoms. The van der Waals surface area contributed by atoms with Crippen LogP contribution in [0.15, 0.2) is 42.9 Å². The van der Waals surface area contributed by atoms with Crippen LogP contribution >= 0.6 is 22.9 Å². The molecule has 0 atom stereocenters. The van der Waals surface area contributed by atoms with Crippen LogP contribution in [0.1, 0.15) is 35.4 Å². The van der Waals surface area contributed by atoms with Gasteiger partial charge in [0.05, 0.1) is 17.8 Å². The number of benzene rings is 1. The molecule has 1 aromatic carbocycles. The van der Waals surface area contributed by atoms with Crippen molar-refractivity contribution in [2.45, 2.75) is 37.8 Å². The molecule has 4 rings (SSSR count). The highest BCUT2D eigenvalue weighted by atomic mass is 35.5. The van der Waals surface area contributed by atoms with Gasteiger partial charge in [0.25, 0.3) is 5.91 Å². The smallest absolute Gasteiger partial charge is 0.263 e. The summed E-state index contributed by atoms with van der Waals surface area (Å²) in [6, 6.07) is 7.64. The minimum absolute atomic E-state index is 0.0732. The van der Waals surface area contributed by atoms with E-state index < -0.39 is 0 Å². The molecule has 30 heavy (non-hydrogen) atoms. The van der Waals surface area contributed by atoms with Gasteiger partial charge in [-0.2, -0.15) is 0 Å². The summed E-state index contributed by atoms with van der Waals surface area (Å²) in [4.78, 5) is 33.3. The van der Waals surface area contributed by atoms with Crippen molar-refractivity contribution in [3.05, 3.63) is 52.8 Å². The number of ether oxygens (including phenoxy) is 1. The highest BCUT2D eigenvalue weighted by Gasteiger charge is 2.24. The topological polar surface area (TPSA) is 93.2 Å². The van der Waals surface area contributed by atoms with Crippen molar-refractivity contribution in [3.63, 3.8) is 0 Å². The molecule has 3 aromatic rings. The highest BCUT2D eigenvalue weighted by molar-refractivity contribution is 7.21. The third-order valence-corrected chi connectivity index (χ3v) is 6.69. The molecule has 0 saturated heterocycles. The Kier molecular flexibility index (Phi) is 6.44. The van der Waals surface area contributed by atoms with E-state index >= 15 is 0 Å². The molecule has 0 radical (unpaired) electrons. The molecule has 2 amide bonds. The maximum absolute atomic E-state index is 12.5. The molecule has 1 aliphatic carbocycles. The van der Waals surface area contributed by atoms with Crippen molar-refractivity contribution in [3.8, 4) is 5.88 Å². The lowest BCUT2D eigenvalue weighted by molar-refractivity contribution is -0.121. The number of nitrogens with one attached hydrogen (secondary N) is 2. The van der Waals surface area contributed by atoms with E-state index in [0.717, 1.165) is 35.8 Å². The number of rotatable bonds is 6. The van der Waals surface area contributed by atoms with E-state index in [1.165, 1.54) is 11.3 Å². The van der Waals surface area contributed by atoms with Crippen molar-refractivity contribution in [1.29, 1.82) is 0 Å². The molecule has 0 spiro atoms. The largest absolute Gasteiger partial charge is 0.473 e. The van der Waals surface area contributed by atoms with Crippen LogP contribution in [0.4, 0.5) is 0 Å². The molecule has 0 unspecified atom stereocenters. The first-order valence-corrected chi connectivity index (χ1v) is 11.0. The van der Waals surface area contributed by atoms with Crippen molar-refractivity contribution < 1.29 is 14.3 Å². The van der Waals surface area contributed by atoms with Crippen molar-refractivity contribution in [2.24, 2.45) is 0 Å². The van der Waals surface area contributed by atoms with Gasteiger partial charge in [-0.15, -0.1) is 11.3 Å². The average Bonchev–Trinajstić information content (AvgIpc) is 3.11. The number of fused-ring (bicyclic) bond motifs is 1. The number of nitrogens with zero attached hydrogens (tertiary/aromatic N) is 2. The Morgan fingerprint density at radius 1 is 1.17 bits per heavy atom. The zero-order chi connectivity index (χ0) is 20.9.